The second-order valence-corrected chi connectivity index (χ2v) is 13.9. The summed E-state index contributed by atoms with van der Waals surface area (Å²) in [6, 6.07) is 7.70. The highest BCUT2D eigenvalue weighted by Gasteiger charge is 2.28. The minimum atomic E-state index is -1.28. The number of non-ortho nitro benzene ring substituents is 1. The van der Waals surface area contributed by atoms with Gasteiger partial charge >= 0.3 is 18.0 Å². The Hall–Kier alpha value is -5.54. The Labute approximate surface area is 296 Å². The third-order valence-corrected chi connectivity index (χ3v) is 7.45. The Morgan fingerprint density at radius 1 is 0.725 bits per heavy atom. The summed E-state index contributed by atoms with van der Waals surface area (Å²) >= 11 is 0. The molecule has 16 heteroatoms. The average molecular weight is 713 g/mol. The molecule has 2 aromatic carbocycles. The zero-order chi connectivity index (χ0) is 38.3. The van der Waals surface area contributed by atoms with Gasteiger partial charge in [0.15, 0.2) is 0 Å². The summed E-state index contributed by atoms with van der Waals surface area (Å²) in [7, 11) is 0. The topological polar surface area (TPSA) is 246 Å². The molecule has 2 rings (SSSR count). The van der Waals surface area contributed by atoms with Gasteiger partial charge in [0, 0.05) is 29.9 Å². The first kappa shape index (κ1) is 41.6. The van der Waals surface area contributed by atoms with E-state index in [1.54, 1.807) is 24.3 Å². The van der Waals surface area contributed by atoms with Crippen molar-refractivity contribution in [2.24, 2.45) is 11.3 Å². The molecule has 0 aliphatic heterocycles. The maximum atomic E-state index is 13.2. The number of nitro groups is 1. The van der Waals surface area contributed by atoms with Crippen LogP contribution in [0.4, 0.5) is 21.9 Å². The lowest BCUT2D eigenvalue weighted by Gasteiger charge is -2.23. The Morgan fingerprint density at radius 2 is 1.20 bits per heavy atom. The average Bonchev–Trinajstić information content (AvgIpc) is 3.01. The molecule has 51 heavy (non-hydrogen) atoms. The molecule has 0 saturated heterocycles. The Morgan fingerprint density at radius 3 is 1.65 bits per heavy atom. The number of nitrogens with zero attached hydrogens (tertiary/aromatic N) is 1. The number of hydrogen-bond donors (Lipinski definition) is 7. The van der Waals surface area contributed by atoms with E-state index < -0.39 is 52.8 Å². The Bertz CT molecular complexity index is 1540. The number of carboxylic acid groups (broad SMARTS) is 2. The highest BCUT2D eigenvalue weighted by molar-refractivity contribution is 5.99. The maximum absolute atomic E-state index is 13.2. The van der Waals surface area contributed by atoms with E-state index in [0.29, 0.717) is 16.9 Å². The molecule has 0 aliphatic rings. The summed E-state index contributed by atoms with van der Waals surface area (Å²) in [5.74, 6) is -4.02. The van der Waals surface area contributed by atoms with Crippen molar-refractivity contribution < 1.29 is 43.9 Å². The molecule has 3 unspecified atom stereocenters. The van der Waals surface area contributed by atoms with E-state index >= 15 is 0 Å². The van der Waals surface area contributed by atoms with Crippen LogP contribution in [0.25, 0.3) is 0 Å². The SMILES string of the molecule is CC(C)CC(NC(=O)Cc1ccc(NC(=O)Nc2ccc([N+](=O)[O-])cc2)cc1)C(=O)NC(CCCCC(NC(=O)CC(C)(C)C)C(=O)O)C(=O)O. The molecule has 0 bridgehead atoms. The van der Waals surface area contributed by atoms with Crippen LogP contribution < -0.4 is 26.6 Å². The van der Waals surface area contributed by atoms with Crippen molar-refractivity contribution in [2.75, 3.05) is 10.6 Å². The molecule has 7 N–H and O–H groups in total. The Kier molecular flexibility index (Phi) is 16.0. The maximum Gasteiger partial charge on any atom is 0.326 e. The number of unbranched alkanes of at least 4 members (excludes halogenated alkanes) is 1. The lowest BCUT2D eigenvalue weighted by atomic mass is 9.91. The number of nitrogens with one attached hydrogen (secondary N) is 5. The number of rotatable bonds is 19. The fourth-order valence-electron chi connectivity index (χ4n) is 5.01. The molecule has 0 aromatic heterocycles. The van der Waals surface area contributed by atoms with Crippen molar-refractivity contribution in [2.45, 2.75) is 97.7 Å². The first-order chi connectivity index (χ1) is 23.8. The van der Waals surface area contributed by atoms with Gasteiger partial charge < -0.3 is 36.8 Å². The fraction of sp³-hybridized carbons (Fsp3) is 0.486. The molecule has 0 saturated carbocycles. The van der Waals surface area contributed by atoms with Gasteiger partial charge in [-0.25, -0.2) is 14.4 Å². The smallest absolute Gasteiger partial charge is 0.326 e. The molecule has 0 aliphatic carbocycles. The predicted octanol–water partition coefficient (Wildman–Crippen LogP) is 4.45. The van der Waals surface area contributed by atoms with Crippen molar-refractivity contribution in [1.82, 2.24) is 16.0 Å². The molecule has 0 heterocycles. The number of anilines is 2. The second-order valence-electron chi connectivity index (χ2n) is 13.9. The van der Waals surface area contributed by atoms with Gasteiger partial charge in [-0.2, -0.15) is 0 Å². The molecule has 278 valence electrons. The van der Waals surface area contributed by atoms with Crippen LogP contribution >= 0.6 is 0 Å². The number of aliphatic carboxylic acids is 2. The highest BCUT2D eigenvalue weighted by atomic mass is 16.6. The molecule has 0 spiro atoms. The number of amides is 5. The first-order valence-electron chi connectivity index (χ1n) is 16.6. The molecule has 0 fully saturated rings. The van der Waals surface area contributed by atoms with Crippen LogP contribution in [-0.2, 0) is 30.4 Å². The molecule has 2 aromatic rings. The monoisotopic (exact) mass is 712 g/mol. The predicted molar refractivity (Wildman–Crippen MR) is 189 cm³/mol. The van der Waals surface area contributed by atoms with Gasteiger partial charge in [0.2, 0.25) is 17.7 Å². The molecule has 5 amide bonds. The zero-order valence-corrected chi connectivity index (χ0v) is 29.5. The Balaban J connectivity index is 1.91. The van der Waals surface area contributed by atoms with Gasteiger partial charge in [-0.15, -0.1) is 0 Å². The highest BCUT2D eigenvalue weighted by Crippen LogP contribution is 2.19. The summed E-state index contributed by atoms with van der Waals surface area (Å²) in [5, 5.41) is 42.9. The van der Waals surface area contributed by atoms with Crippen molar-refractivity contribution in [3.63, 3.8) is 0 Å². The zero-order valence-electron chi connectivity index (χ0n) is 29.5. The van der Waals surface area contributed by atoms with Gasteiger partial charge in [-0.05, 0) is 60.4 Å². The number of benzene rings is 2. The van der Waals surface area contributed by atoms with E-state index in [1.807, 2.05) is 34.6 Å². The number of carboxylic acids is 2. The minimum absolute atomic E-state index is 0.0119. The molecular formula is C35H48N6O10. The summed E-state index contributed by atoms with van der Waals surface area (Å²) in [5.41, 5.74) is 0.912. The van der Waals surface area contributed by atoms with Crippen LogP contribution in [0.15, 0.2) is 48.5 Å². The van der Waals surface area contributed by atoms with Crippen molar-refractivity contribution in [1.29, 1.82) is 0 Å². The van der Waals surface area contributed by atoms with Gasteiger partial charge in [-0.1, -0.05) is 59.6 Å². The number of nitro benzene ring substituents is 1. The number of carbonyl (C=O) groups is 6. The summed E-state index contributed by atoms with van der Waals surface area (Å²) in [6.45, 7) is 9.28. The standard InChI is InChI=1S/C35H48N6O10/c1-21(2)18-28(31(44)40-27(33(47)48)9-7-6-8-26(32(45)46)38-30(43)20-35(3,4)5)39-29(42)19-22-10-12-23(13-11-22)36-34(49)37-24-14-16-25(17-15-24)41(50)51/h10-17,21,26-28H,6-9,18-20H2,1-5H3,(H,38,43)(H,39,42)(H,40,44)(H,45,46)(H,47,48)(H2,36,37,49). The van der Waals surface area contributed by atoms with Crippen LogP contribution in [0.3, 0.4) is 0 Å². The molecule has 16 nitrogen and oxygen atoms in total. The summed E-state index contributed by atoms with van der Waals surface area (Å²) in [6.07, 6.45) is 0.943. The van der Waals surface area contributed by atoms with E-state index in [9.17, 15) is 49.1 Å². The first-order valence-corrected chi connectivity index (χ1v) is 16.6. The quantitative estimate of drug-likeness (QED) is 0.0613. The number of hydrogen-bond acceptors (Lipinski definition) is 8. The van der Waals surface area contributed by atoms with Crippen LogP contribution in [0.1, 0.15) is 78.7 Å². The van der Waals surface area contributed by atoms with Crippen LogP contribution in [0.2, 0.25) is 0 Å². The second kappa shape index (κ2) is 19.6. The summed E-state index contributed by atoms with van der Waals surface area (Å²) in [4.78, 5) is 84.5. The number of urea groups is 1. The van der Waals surface area contributed by atoms with E-state index in [2.05, 4.69) is 26.6 Å². The van der Waals surface area contributed by atoms with Crippen LogP contribution in [0.5, 0.6) is 0 Å². The van der Waals surface area contributed by atoms with Crippen molar-refractivity contribution >= 4 is 52.8 Å². The largest absolute Gasteiger partial charge is 0.480 e. The molecule has 0 radical (unpaired) electrons. The van der Waals surface area contributed by atoms with E-state index in [0.717, 1.165) is 0 Å². The third-order valence-electron chi connectivity index (χ3n) is 7.45. The van der Waals surface area contributed by atoms with E-state index in [-0.39, 0.29) is 67.9 Å². The lowest BCUT2D eigenvalue weighted by molar-refractivity contribution is -0.384. The van der Waals surface area contributed by atoms with Crippen LogP contribution in [0, 0.1) is 21.4 Å². The fourth-order valence-corrected chi connectivity index (χ4v) is 5.01. The molecular weight excluding hydrogens is 664 g/mol. The molecule has 3 atom stereocenters. The van der Waals surface area contributed by atoms with Crippen LogP contribution in [-0.4, -0.2) is 69.0 Å². The van der Waals surface area contributed by atoms with E-state index in [4.69, 9.17) is 0 Å². The van der Waals surface area contributed by atoms with Crippen molar-refractivity contribution in [3.8, 4) is 0 Å². The van der Waals surface area contributed by atoms with Gasteiger partial charge in [-0.3, -0.25) is 24.5 Å². The lowest BCUT2D eigenvalue weighted by Crippen LogP contribution is -2.52. The summed E-state index contributed by atoms with van der Waals surface area (Å²) < 4.78 is 0. The third kappa shape index (κ3) is 16.1. The van der Waals surface area contributed by atoms with Crippen molar-refractivity contribution in [3.05, 3.63) is 64.2 Å². The van der Waals surface area contributed by atoms with Gasteiger partial charge in [0.1, 0.15) is 18.1 Å². The van der Waals surface area contributed by atoms with E-state index in [1.165, 1.54) is 24.3 Å². The number of carbonyl (C=O) groups excluding carboxylic acids is 4. The van der Waals surface area contributed by atoms with Gasteiger partial charge in [0.05, 0.1) is 11.3 Å². The minimum Gasteiger partial charge on any atom is -0.480 e. The van der Waals surface area contributed by atoms with Gasteiger partial charge in [0.25, 0.3) is 5.69 Å². The normalized spacial score (nSPS) is 12.9.